The molecule has 1 atom stereocenters. The molecule has 1 N–H and O–H groups in total. The molecule has 0 heterocycles. The SMILES string of the molecule is CC[C@H](C(=O)NCc1ccc(F)cc1)N(C(=O)c1ccc(OC)c(OC)c1)c1ccccc1. The Labute approximate surface area is 192 Å². The van der Waals surface area contributed by atoms with Crippen molar-refractivity contribution < 1.29 is 23.5 Å². The van der Waals surface area contributed by atoms with E-state index in [1.54, 1.807) is 42.5 Å². The predicted molar refractivity (Wildman–Crippen MR) is 125 cm³/mol. The Morgan fingerprint density at radius 1 is 0.939 bits per heavy atom. The van der Waals surface area contributed by atoms with Gasteiger partial charge in [-0.2, -0.15) is 0 Å². The second-order valence-corrected chi connectivity index (χ2v) is 7.35. The van der Waals surface area contributed by atoms with Gasteiger partial charge in [0, 0.05) is 17.8 Å². The lowest BCUT2D eigenvalue weighted by atomic mass is 10.1. The topological polar surface area (TPSA) is 67.9 Å². The van der Waals surface area contributed by atoms with E-state index in [2.05, 4.69) is 5.32 Å². The number of halogens is 1. The van der Waals surface area contributed by atoms with Crippen LogP contribution in [0, 0.1) is 5.82 Å². The molecule has 0 unspecified atom stereocenters. The number of hydrogen-bond acceptors (Lipinski definition) is 4. The maximum Gasteiger partial charge on any atom is 0.259 e. The van der Waals surface area contributed by atoms with Gasteiger partial charge < -0.3 is 14.8 Å². The molecule has 0 aromatic heterocycles. The molecule has 0 saturated heterocycles. The van der Waals surface area contributed by atoms with Crippen LogP contribution in [-0.4, -0.2) is 32.1 Å². The smallest absolute Gasteiger partial charge is 0.259 e. The van der Waals surface area contributed by atoms with E-state index in [-0.39, 0.29) is 24.2 Å². The van der Waals surface area contributed by atoms with Gasteiger partial charge in [-0.3, -0.25) is 14.5 Å². The summed E-state index contributed by atoms with van der Waals surface area (Å²) in [4.78, 5) is 28.3. The van der Waals surface area contributed by atoms with Crippen molar-refractivity contribution in [2.24, 2.45) is 0 Å². The second kappa shape index (κ2) is 11.1. The van der Waals surface area contributed by atoms with Gasteiger partial charge in [-0.25, -0.2) is 4.39 Å². The molecule has 3 aromatic carbocycles. The predicted octanol–water partition coefficient (Wildman–Crippen LogP) is 4.58. The van der Waals surface area contributed by atoms with E-state index < -0.39 is 6.04 Å². The molecule has 0 aliphatic rings. The summed E-state index contributed by atoms with van der Waals surface area (Å²) in [7, 11) is 3.02. The van der Waals surface area contributed by atoms with Gasteiger partial charge in [-0.05, 0) is 54.4 Å². The lowest BCUT2D eigenvalue weighted by Crippen LogP contribution is -2.49. The van der Waals surface area contributed by atoms with Crippen molar-refractivity contribution in [1.29, 1.82) is 0 Å². The Hall–Kier alpha value is -3.87. The number of carbonyl (C=O) groups excluding carboxylic acids is 2. The Bertz CT molecular complexity index is 1090. The van der Waals surface area contributed by atoms with E-state index in [1.807, 2.05) is 25.1 Å². The third-order valence-corrected chi connectivity index (χ3v) is 5.26. The first-order valence-corrected chi connectivity index (χ1v) is 10.6. The fraction of sp³-hybridized carbons (Fsp3) is 0.231. The van der Waals surface area contributed by atoms with Crippen LogP contribution in [0.5, 0.6) is 11.5 Å². The first kappa shape index (κ1) is 23.8. The number of methoxy groups -OCH3 is 2. The summed E-state index contributed by atoms with van der Waals surface area (Å²) in [6.07, 6.45) is 0.392. The van der Waals surface area contributed by atoms with Crippen LogP contribution < -0.4 is 19.7 Å². The van der Waals surface area contributed by atoms with Gasteiger partial charge in [0.1, 0.15) is 11.9 Å². The van der Waals surface area contributed by atoms with Crippen LogP contribution >= 0.6 is 0 Å². The van der Waals surface area contributed by atoms with Gasteiger partial charge in [-0.1, -0.05) is 37.3 Å². The van der Waals surface area contributed by atoms with Crippen LogP contribution in [0.2, 0.25) is 0 Å². The van der Waals surface area contributed by atoms with Gasteiger partial charge in [0.05, 0.1) is 14.2 Å². The molecule has 0 spiro atoms. The highest BCUT2D eigenvalue weighted by molar-refractivity contribution is 6.10. The molecule has 3 rings (SSSR count). The van der Waals surface area contributed by atoms with Crippen LogP contribution in [-0.2, 0) is 11.3 Å². The van der Waals surface area contributed by atoms with Crippen LogP contribution in [0.1, 0.15) is 29.3 Å². The maximum absolute atomic E-state index is 13.6. The summed E-state index contributed by atoms with van der Waals surface area (Å²) in [5.74, 6) is -0.0627. The molecule has 7 heteroatoms. The van der Waals surface area contributed by atoms with Crippen LogP contribution in [0.15, 0.2) is 72.8 Å². The summed E-state index contributed by atoms with van der Waals surface area (Å²) in [5, 5.41) is 2.87. The number of nitrogens with one attached hydrogen (secondary N) is 1. The van der Waals surface area contributed by atoms with Crippen molar-refractivity contribution in [2.75, 3.05) is 19.1 Å². The van der Waals surface area contributed by atoms with Crippen LogP contribution in [0.4, 0.5) is 10.1 Å². The zero-order chi connectivity index (χ0) is 23.8. The summed E-state index contributed by atoms with van der Waals surface area (Å²) >= 11 is 0. The molecule has 2 amide bonds. The van der Waals surface area contributed by atoms with Gasteiger partial charge in [0.15, 0.2) is 11.5 Å². The molecule has 0 bridgehead atoms. The highest BCUT2D eigenvalue weighted by Gasteiger charge is 2.31. The Kier molecular flexibility index (Phi) is 8.02. The van der Waals surface area contributed by atoms with E-state index in [0.717, 1.165) is 5.56 Å². The first-order valence-electron chi connectivity index (χ1n) is 10.6. The molecule has 6 nitrogen and oxygen atoms in total. The van der Waals surface area contributed by atoms with Crippen molar-refractivity contribution in [3.05, 3.63) is 89.7 Å². The Morgan fingerprint density at radius 2 is 1.61 bits per heavy atom. The van der Waals surface area contributed by atoms with E-state index >= 15 is 0 Å². The molecule has 0 fully saturated rings. The van der Waals surface area contributed by atoms with Crippen molar-refractivity contribution >= 4 is 17.5 Å². The average Bonchev–Trinajstić information content (AvgIpc) is 2.86. The number of hydrogen-bond donors (Lipinski definition) is 1. The number of para-hydroxylation sites is 1. The minimum absolute atomic E-state index is 0.225. The average molecular weight is 451 g/mol. The lowest BCUT2D eigenvalue weighted by molar-refractivity contribution is -0.122. The Balaban J connectivity index is 1.91. The summed E-state index contributed by atoms with van der Waals surface area (Å²) < 4.78 is 23.8. The Morgan fingerprint density at radius 3 is 2.21 bits per heavy atom. The lowest BCUT2D eigenvalue weighted by Gasteiger charge is -2.30. The molecule has 0 aliphatic heterocycles. The minimum atomic E-state index is -0.756. The normalized spacial score (nSPS) is 11.4. The quantitative estimate of drug-likeness (QED) is 0.518. The number of amides is 2. The standard InChI is InChI=1S/C26H27FN2O4/c1-4-22(25(30)28-17-18-10-13-20(27)14-11-18)29(21-8-6-5-7-9-21)26(31)19-12-15-23(32-2)24(16-19)33-3/h5-16,22H,4,17H2,1-3H3,(H,28,30)/t22-/m1/s1. The fourth-order valence-corrected chi connectivity index (χ4v) is 3.53. The number of nitrogens with zero attached hydrogens (tertiary/aromatic N) is 1. The fourth-order valence-electron chi connectivity index (χ4n) is 3.53. The van der Waals surface area contributed by atoms with E-state index in [0.29, 0.717) is 29.2 Å². The van der Waals surface area contributed by atoms with Gasteiger partial charge in [0.25, 0.3) is 5.91 Å². The van der Waals surface area contributed by atoms with Gasteiger partial charge in [0.2, 0.25) is 5.91 Å². The minimum Gasteiger partial charge on any atom is -0.493 e. The van der Waals surface area contributed by atoms with Crippen molar-refractivity contribution in [3.8, 4) is 11.5 Å². The summed E-state index contributed by atoms with van der Waals surface area (Å²) in [5.41, 5.74) is 1.72. The molecule has 33 heavy (non-hydrogen) atoms. The monoisotopic (exact) mass is 450 g/mol. The number of benzene rings is 3. The van der Waals surface area contributed by atoms with Gasteiger partial charge >= 0.3 is 0 Å². The van der Waals surface area contributed by atoms with Crippen molar-refractivity contribution in [1.82, 2.24) is 5.32 Å². The number of anilines is 1. The molecule has 0 aliphatic carbocycles. The molecular formula is C26H27FN2O4. The third kappa shape index (κ3) is 5.68. The number of rotatable bonds is 9. The molecule has 0 radical (unpaired) electrons. The van der Waals surface area contributed by atoms with Crippen LogP contribution in [0.3, 0.4) is 0 Å². The molecule has 3 aromatic rings. The van der Waals surface area contributed by atoms with Gasteiger partial charge in [-0.15, -0.1) is 0 Å². The van der Waals surface area contributed by atoms with E-state index in [4.69, 9.17) is 9.47 Å². The largest absolute Gasteiger partial charge is 0.493 e. The molecular weight excluding hydrogens is 423 g/mol. The highest BCUT2D eigenvalue weighted by atomic mass is 19.1. The molecule has 172 valence electrons. The summed E-state index contributed by atoms with van der Waals surface area (Å²) in [6.45, 7) is 2.07. The van der Waals surface area contributed by atoms with Crippen molar-refractivity contribution in [2.45, 2.75) is 25.9 Å². The van der Waals surface area contributed by atoms with E-state index in [1.165, 1.54) is 31.3 Å². The third-order valence-electron chi connectivity index (χ3n) is 5.26. The summed E-state index contributed by atoms with van der Waals surface area (Å²) in [6, 6.07) is 19.1. The zero-order valence-electron chi connectivity index (χ0n) is 18.9. The molecule has 0 saturated carbocycles. The number of ether oxygens (including phenoxy) is 2. The second-order valence-electron chi connectivity index (χ2n) is 7.35. The zero-order valence-corrected chi connectivity index (χ0v) is 18.9. The van der Waals surface area contributed by atoms with Crippen molar-refractivity contribution in [3.63, 3.8) is 0 Å². The van der Waals surface area contributed by atoms with Crippen LogP contribution in [0.25, 0.3) is 0 Å². The number of carbonyl (C=O) groups is 2. The van der Waals surface area contributed by atoms with E-state index in [9.17, 15) is 14.0 Å². The maximum atomic E-state index is 13.6. The first-order chi connectivity index (χ1) is 16.0. The highest BCUT2D eigenvalue weighted by Crippen LogP contribution is 2.30.